The van der Waals surface area contributed by atoms with Crippen LogP contribution in [0.5, 0.6) is 0 Å². The van der Waals surface area contributed by atoms with Gasteiger partial charge in [0.05, 0.1) is 17.2 Å². The van der Waals surface area contributed by atoms with Crippen molar-refractivity contribution in [2.45, 2.75) is 45.7 Å². The summed E-state index contributed by atoms with van der Waals surface area (Å²) in [7, 11) is 0. The van der Waals surface area contributed by atoms with Crippen molar-refractivity contribution in [3.05, 3.63) is 16.1 Å². The maximum Gasteiger partial charge on any atom is 0.326 e. The molecule has 0 aliphatic heterocycles. The van der Waals surface area contributed by atoms with Crippen LogP contribution in [0.4, 0.5) is 4.79 Å². The number of unbranched alkanes of at least 4 members (excludes halogenated alkanes) is 1. The van der Waals surface area contributed by atoms with Gasteiger partial charge in [0, 0.05) is 5.38 Å². The van der Waals surface area contributed by atoms with Gasteiger partial charge in [-0.15, -0.1) is 11.3 Å². The van der Waals surface area contributed by atoms with Gasteiger partial charge in [-0.3, -0.25) is 0 Å². The van der Waals surface area contributed by atoms with Gasteiger partial charge in [0.25, 0.3) is 0 Å². The number of hydrogen-bond acceptors (Lipinski definition) is 4. The van der Waals surface area contributed by atoms with Crippen molar-refractivity contribution in [3.8, 4) is 0 Å². The Bertz CT molecular complexity index is 434. The summed E-state index contributed by atoms with van der Waals surface area (Å²) in [6.07, 6.45) is 2.10. The fourth-order valence-corrected chi connectivity index (χ4v) is 2.15. The predicted molar refractivity (Wildman–Crippen MR) is 73.2 cm³/mol. The van der Waals surface area contributed by atoms with Gasteiger partial charge in [-0.1, -0.05) is 19.8 Å². The molecule has 0 radical (unpaired) electrons. The average molecular weight is 285 g/mol. The molecule has 1 aromatic heterocycles. The summed E-state index contributed by atoms with van der Waals surface area (Å²) in [6, 6.07) is -1.31. The van der Waals surface area contributed by atoms with E-state index in [9.17, 15) is 9.59 Å². The summed E-state index contributed by atoms with van der Waals surface area (Å²) in [6.45, 7) is 4.17. The largest absolute Gasteiger partial charge is 0.480 e. The van der Waals surface area contributed by atoms with E-state index in [2.05, 4.69) is 15.6 Å². The van der Waals surface area contributed by atoms with E-state index in [0.29, 0.717) is 13.0 Å². The number of nitrogens with one attached hydrogen (secondary N) is 2. The molecule has 0 spiro atoms. The topological polar surface area (TPSA) is 91.3 Å². The minimum Gasteiger partial charge on any atom is -0.480 e. The minimum atomic E-state index is -1.01. The number of amides is 2. The number of carboxylic acids is 1. The van der Waals surface area contributed by atoms with Crippen LogP contribution >= 0.6 is 11.3 Å². The molecule has 1 aromatic rings. The molecule has 106 valence electrons. The van der Waals surface area contributed by atoms with E-state index in [1.807, 2.05) is 19.2 Å². The van der Waals surface area contributed by atoms with Crippen molar-refractivity contribution in [2.75, 3.05) is 0 Å². The summed E-state index contributed by atoms with van der Waals surface area (Å²) in [4.78, 5) is 26.8. The van der Waals surface area contributed by atoms with Crippen LogP contribution in [0.3, 0.4) is 0 Å². The van der Waals surface area contributed by atoms with E-state index < -0.39 is 18.0 Å². The third-order valence-electron chi connectivity index (χ3n) is 2.55. The highest BCUT2D eigenvalue weighted by atomic mass is 32.1. The van der Waals surface area contributed by atoms with E-state index in [4.69, 9.17) is 5.11 Å². The van der Waals surface area contributed by atoms with Crippen LogP contribution in [0.25, 0.3) is 0 Å². The zero-order chi connectivity index (χ0) is 14.3. The average Bonchev–Trinajstić information content (AvgIpc) is 2.77. The summed E-state index contributed by atoms with van der Waals surface area (Å²) >= 11 is 1.51. The zero-order valence-electron chi connectivity index (χ0n) is 11.1. The van der Waals surface area contributed by atoms with Crippen molar-refractivity contribution in [3.63, 3.8) is 0 Å². The van der Waals surface area contributed by atoms with Gasteiger partial charge in [0.2, 0.25) is 0 Å². The van der Waals surface area contributed by atoms with E-state index in [1.54, 1.807) is 0 Å². The molecule has 1 atom stereocenters. The Kier molecular flexibility index (Phi) is 6.27. The predicted octanol–water partition coefficient (Wildman–Crippen LogP) is 1.89. The van der Waals surface area contributed by atoms with Crippen LogP contribution < -0.4 is 10.6 Å². The third kappa shape index (κ3) is 5.69. The van der Waals surface area contributed by atoms with Crippen LogP contribution in [-0.4, -0.2) is 28.1 Å². The maximum absolute atomic E-state index is 11.6. The van der Waals surface area contributed by atoms with Crippen LogP contribution in [-0.2, 0) is 11.3 Å². The van der Waals surface area contributed by atoms with Crippen LogP contribution in [0.2, 0.25) is 0 Å². The van der Waals surface area contributed by atoms with Crippen molar-refractivity contribution in [1.29, 1.82) is 0 Å². The van der Waals surface area contributed by atoms with Crippen LogP contribution in [0, 0.1) is 6.92 Å². The summed E-state index contributed by atoms with van der Waals surface area (Å²) in [5.74, 6) is -1.01. The number of aliphatic carboxylic acids is 1. The van der Waals surface area contributed by atoms with Crippen molar-refractivity contribution in [1.82, 2.24) is 15.6 Å². The third-order valence-corrected chi connectivity index (χ3v) is 3.37. The number of urea groups is 1. The van der Waals surface area contributed by atoms with Crippen LogP contribution in [0.15, 0.2) is 5.38 Å². The van der Waals surface area contributed by atoms with Gasteiger partial charge in [-0.2, -0.15) is 0 Å². The van der Waals surface area contributed by atoms with Gasteiger partial charge in [-0.25, -0.2) is 14.6 Å². The Hall–Kier alpha value is -1.63. The molecule has 0 aliphatic carbocycles. The fraction of sp³-hybridized carbons (Fsp3) is 0.583. The van der Waals surface area contributed by atoms with Crippen molar-refractivity contribution < 1.29 is 14.7 Å². The van der Waals surface area contributed by atoms with E-state index in [-0.39, 0.29) is 0 Å². The van der Waals surface area contributed by atoms with Gasteiger partial charge < -0.3 is 15.7 Å². The van der Waals surface area contributed by atoms with E-state index in [1.165, 1.54) is 11.3 Å². The molecule has 0 aromatic carbocycles. The first-order valence-corrected chi connectivity index (χ1v) is 7.09. The molecule has 0 fully saturated rings. The number of nitrogens with zero attached hydrogens (tertiary/aromatic N) is 1. The second-order valence-electron chi connectivity index (χ2n) is 4.22. The molecule has 0 saturated heterocycles. The SMILES string of the molecule is CCCCC(NC(=O)NCc1csc(C)n1)C(=O)O. The quantitative estimate of drug-likeness (QED) is 0.713. The number of carbonyl (C=O) groups excluding carboxylic acids is 1. The molecule has 6 nitrogen and oxygen atoms in total. The highest BCUT2D eigenvalue weighted by Crippen LogP contribution is 2.07. The van der Waals surface area contributed by atoms with Gasteiger partial charge in [0.1, 0.15) is 6.04 Å². The number of aryl methyl sites for hydroxylation is 1. The molecular formula is C12H19N3O3S. The van der Waals surface area contributed by atoms with Gasteiger partial charge >= 0.3 is 12.0 Å². The first-order valence-electron chi connectivity index (χ1n) is 6.21. The molecule has 2 amide bonds. The molecule has 19 heavy (non-hydrogen) atoms. The summed E-state index contributed by atoms with van der Waals surface area (Å²) in [5, 5.41) is 16.8. The zero-order valence-corrected chi connectivity index (χ0v) is 11.9. The maximum atomic E-state index is 11.6. The van der Waals surface area contributed by atoms with Crippen molar-refractivity contribution >= 4 is 23.3 Å². The van der Waals surface area contributed by atoms with Crippen molar-refractivity contribution in [2.24, 2.45) is 0 Å². The Morgan fingerprint density at radius 3 is 2.79 bits per heavy atom. The summed E-state index contributed by atoms with van der Waals surface area (Å²) < 4.78 is 0. The first kappa shape index (κ1) is 15.4. The fourth-order valence-electron chi connectivity index (χ4n) is 1.54. The summed E-state index contributed by atoms with van der Waals surface area (Å²) in [5.41, 5.74) is 0.776. The standard InChI is InChI=1S/C12H19N3O3S/c1-3-4-5-10(11(16)17)15-12(18)13-6-9-7-19-8(2)14-9/h7,10H,3-6H2,1-2H3,(H,16,17)(H2,13,15,18). The van der Waals surface area contributed by atoms with E-state index in [0.717, 1.165) is 23.5 Å². The molecule has 0 aliphatic rings. The number of hydrogen-bond donors (Lipinski definition) is 3. The molecule has 7 heteroatoms. The highest BCUT2D eigenvalue weighted by Gasteiger charge is 2.18. The monoisotopic (exact) mass is 285 g/mol. The van der Waals surface area contributed by atoms with Crippen LogP contribution in [0.1, 0.15) is 36.9 Å². The smallest absolute Gasteiger partial charge is 0.326 e. The Balaban J connectivity index is 2.37. The molecule has 0 bridgehead atoms. The second kappa shape index (κ2) is 7.73. The molecule has 3 N–H and O–H groups in total. The number of thiazole rings is 1. The molecule has 1 heterocycles. The molecule has 0 saturated carbocycles. The first-order chi connectivity index (χ1) is 9.02. The highest BCUT2D eigenvalue weighted by molar-refractivity contribution is 7.09. The molecule has 1 rings (SSSR count). The molecule has 1 unspecified atom stereocenters. The minimum absolute atomic E-state index is 0.302. The lowest BCUT2D eigenvalue weighted by Gasteiger charge is -2.14. The second-order valence-corrected chi connectivity index (χ2v) is 5.28. The van der Waals surface area contributed by atoms with E-state index >= 15 is 0 Å². The number of aromatic nitrogens is 1. The number of carboxylic acid groups (broad SMARTS) is 1. The van der Waals surface area contributed by atoms with Gasteiger partial charge in [-0.05, 0) is 13.3 Å². The lowest BCUT2D eigenvalue weighted by molar-refractivity contribution is -0.139. The normalized spacial score (nSPS) is 11.9. The lowest BCUT2D eigenvalue weighted by Crippen LogP contribution is -2.45. The lowest BCUT2D eigenvalue weighted by atomic mass is 10.1. The molecular weight excluding hydrogens is 266 g/mol. The Morgan fingerprint density at radius 2 is 2.26 bits per heavy atom. The Labute approximate surface area is 116 Å². The van der Waals surface area contributed by atoms with Gasteiger partial charge in [0.15, 0.2) is 0 Å². The number of rotatable bonds is 7. The number of carbonyl (C=O) groups is 2. The Morgan fingerprint density at radius 1 is 1.53 bits per heavy atom.